The van der Waals surface area contributed by atoms with Gasteiger partial charge in [-0.1, -0.05) is 0 Å². The molecule has 1 aromatic rings. The van der Waals surface area contributed by atoms with E-state index in [1.54, 1.807) is 13.0 Å². The van der Waals surface area contributed by atoms with E-state index in [9.17, 15) is 8.42 Å². The van der Waals surface area contributed by atoms with Crippen LogP contribution in [-0.4, -0.2) is 14.8 Å². The summed E-state index contributed by atoms with van der Waals surface area (Å²) in [6, 6.07) is 3.10. The summed E-state index contributed by atoms with van der Waals surface area (Å²) in [6.07, 6.45) is 1.17. The molecule has 1 aliphatic rings. The fourth-order valence-electron chi connectivity index (χ4n) is 1.37. The first kappa shape index (κ1) is 9.01. The predicted molar refractivity (Wildman–Crippen MR) is 54.1 cm³/mol. The number of nitrogens with one attached hydrogen (secondary N) is 1. The highest BCUT2D eigenvalue weighted by molar-refractivity contribution is 7.90. The molecule has 0 aliphatic carbocycles. The molecule has 14 heavy (non-hydrogen) atoms. The lowest BCUT2D eigenvalue weighted by atomic mass is 10.2. The van der Waals surface area contributed by atoms with Gasteiger partial charge in [0.05, 0.1) is 5.69 Å². The number of aliphatic imine (C=N–C) groups is 1. The van der Waals surface area contributed by atoms with Crippen molar-refractivity contribution in [3.63, 3.8) is 0 Å². The standard InChI is InChI=1S/C8H9N3O2S/c1-5-2-6(9)3-7-8(5)10-4-11-14(7,12)13/h2-4H,9H2,1H3,(H,10,11). The Bertz CT molecular complexity index is 520. The minimum atomic E-state index is -3.47. The molecule has 0 spiro atoms. The summed E-state index contributed by atoms with van der Waals surface area (Å²) in [5.41, 5.74) is 7.19. The average Bonchev–Trinajstić information content (AvgIpc) is 2.06. The minimum absolute atomic E-state index is 0.137. The van der Waals surface area contributed by atoms with Gasteiger partial charge in [-0.15, -0.1) is 0 Å². The van der Waals surface area contributed by atoms with E-state index in [2.05, 4.69) is 9.71 Å². The van der Waals surface area contributed by atoms with Crippen LogP contribution in [0, 0.1) is 6.92 Å². The van der Waals surface area contributed by atoms with E-state index in [0.29, 0.717) is 11.4 Å². The molecule has 0 atom stereocenters. The van der Waals surface area contributed by atoms with Gasteiger partial charge < -0.3 is 5.73 Å². The quantitative estimate of drug-likeness (QED) is 0.614. The number of rotatable bonds is 0. The molecule has 0 saturated heterocycles. The van der Waals surface area contributed by atoms with Crippen LogP contribution < -0.4 is 10.5 Å². The lowest BCUT2D eigenvalue weighted by Crippen LogP contribution is -2.25. The van der Waals surface area contributed by atoms with Crippen molar-refractivity contribution in [2.24, 2.45) is 4.99 Å². The van der Waals surface area contributed by atoms with Crippen LogP contribution in [0.25, 0.3) is 0 Å². The van der Waals surface area contributed by atoms with Crippen molar-refractivity contribution in [3.05, 3.63) is 17.7 Å². The molecule has 1 aliphatic heterocycles. The Hall–Kier alpha value is -1.56. The van der Waals surface area contributed by atoms with Crippen LogP contribution in [0.2, 0.25) is 0 Å². The normalized spacial score (nSPS) is 17.2. The lowest BCUT2D eigenvalue weighted by molar-refractivity contribution is 0.592. The number of benzene rings is 1. The van der Waals surface area contributed by atoms with Gasteiger partial charge in [0, 0.05) is 5.69 Å². The van der Waals surface area contributed by atoms with Gasteiger partial charge >= 0.3 is 0 Å². The zero-order chi connectivity index (χ0) is 10.3. The third-order valence-electron chi connectivity index (χ3n) is 1.98. The number of sulfonamides is 1. The smallest absolute Gasteiger partial charge is 0.264 e. The van der Waals surface area contributed by atoms with E-state index < -0.39 is 10.0 Å². The van der Waals surface area contributed by atoms with Gasteiger partial charge in [-0.25, -0.2) is 13.4 Å². The van der Waals surface area contributed by atoms with Crippen molar-refractivity contribution >= 4 is 27.7 Å². The van der Waals surface area contributed by atoms with Gasteiger partial charge in [0.1, 0.15) is 11.2 Å². The molecule has 0 bridgehead atoms. The van der Waals surface area contributed by atoms with E-state index in [-0.39, 0.29) is 4.90 Å². The fourth-order valence-corrected chi connectivity index (χ4v) is 2.45. The summed E-state index contributed by atoms with van der Waals surface area (Å²) in [7, 11) is -3.47. The first-order chi connectivity index (χ1) is 6.50. The highest BCUT2D eigenvalue weighted by Crippen LogP contribution is 2.31. The van der Waals surface area contributed by atoms with Crippen LogP contribution in [0.1, 0.15) is 5.56 Å². The number of fused-ring (bicyclic) bond motifs is 1. The number of nitrogens with zero attached hydrogens (tertiary/aromatic N) is 1. The number of hydrogen-bond acceptors (Lipinski definition) is 4. The molecule has 3 N–H and O–H groups in total. The van der Waals surface area contributed by atoms with E-state index in [1.807, 2.05) is 0 Å². The monoisotopic (exact) mass is 211 g/mol. The number of hydrogen-bond donors (Lipinski definition) is 2. The van der Waals surface area contributed by atoms with E-state index in [0.717, 1.165) is 5.56 Å². The van der Waals surface area contributed by atoms with E-state index >= 15 is 0 Å². The highest BCUT2D eigenvalue weighted by atomic mass is 32.2. The van der Waals surface area contributed by atoms with Crippen molar-refractivity contribution in [2.45, 2.75) is 11.8 Å². The topological polar surface area (TPSA) is 84.5 Å². The maximum absolute atomic E-state index is 11.5. The molecule has 1 heterocycles. The van der Waals surface area contributed by atoms with Crippen LogP contribution in [0.4, 0.5) is 11.4 Å². The van der Waals surface area contributed by atoms with Crippen molar-refractivity contribution in [3.8, 4) is 0 Å². The number of nitrogen functional groups attached to an aromatic ring is 1. The van der Waals surface area contributed by atoms with Crippen molar-refractivity contribution < 1.29 is 8.42 Å². The van der Waals surface area contributed by atoms with Crippen molar-refractivity contribution in [1.82, 2.24) is 4.72 Å². The van der Waals surface area contributed by atoms with Crippen LogP contribution in [0.5, 0.6) is 0 Å². The molecule has 6 heteroatoms. The SMILES string of the molecule is Cc1cc(N)cc2c1N=CNS2(=O)=O. The Balaban J connectivity index is 2.84. The molecule has 0 fully saturated rings. The van der Waals surface area contributed by atoms with Crippen LogP contribution >= 0.6 is 0 Å². The second-order valence-electron chi connectivity index (χ2n) is 3.06. The Labute approximate surface area is 81.7 Å². The maximum atomic E-state index is 11.5. The average molecular weight is 211 g/mol. The third kappa shape index (κ3) is 1.24. The molecule has 2 rings (SSSR count). The Morgan fingerprint density at radius 1 is 1.43 bits per heavy atom. The van der Waals surface area contributed by atoms with Crippen LogP contribution in [0.3, 0.4) is 0 Å². The zero-order valence-corrected chi connectivity index (χ0v) is 8.30. The first-order valence-electron chi connectivity index (χ1n) is 3.96. The summed E-state index contributed by atoms with van der Waals surface area (Å²) >= 11 is 0. The number of aryl methyl sites for hydroxylation is 1. The largest absolute Gasteiger partial charge is 0.399 e. The molecule has 0 aromatic heterocycles. The molecule has 0 radical (unpaired) electrons. The predicted octanol–water partition coefficient (Wildman–Crippen LogP) is 0.529. The van der Waals surface area contributed by atoms with Gasteiger partial charge in [-0.05, 0) is 24.6 Å². The molecular weight excluding hydrogens is 202 g/mol. The van der Waals surface area contributed by atoms with Gasteiger partial charge in [0.25, 0.3) is 10.0 Å². The fraction of sp³-hybridized carbons (Fsp3) is 0.125. The van der Waals surface area contributed by atoms with Gasteiger partial charge in [0.15, 0.2) is 0 Å². The molecule has 0 unspecified atom stereocenters. The van der Waals surface area contributed by atoms with Gasteiger partial charge in [-0.3, -0.25) is 4.72 Å². The van der Waals surface area contributed by atoms with E-state index in [1.165, 1.54) is 12.4 Å². The Morgan fingerprint density at radius 2 is 2.14 bits per heavy atom. The zero-order valence-electron chi connectivity index (χ0n) is 7.48. The molecule has 0 amide bonds. The Kier molecular flexibility index (Phi) is 1.75. The third-order valence-corrected chi connectivity index (χ3v) is 3.28. The number of nitrogens with two attached hydrogens (primary N) is 1. The lowest BCUT2D eigenvalue weighted by Gasteiger charge is -2.14. The molecule has 5 nitrogen and oxygen atoms in total. The molecule has 74 valence electrons. The van der Waals surface area contributed by atoms with Gasteiger partial charge in [0.2, 0.25) is 0 Å². The summed E-state index contributed by atoms with van der Waals surface area (Å²) in [4.78, 5) is 4.10. The summed E-state index contributed by atoms with van der Waals surface area (Å²) in [5, 5.41) is 0. The second-order valence-corrected chi connectivity index (χ2v) is 4.75. The van der Waals surface area contributed by atoms with Crippen molar-refractivity contribution in [2.75, 3.05) is 5.73 Å². The summed E-state index contributed by atoms with van der Waals surface area (Å²) in [5.74, 6) is 0. The van der Waals surface area contributed by atoms with Crippen LogP contribution in [0.15, 0.2) is 22.0 Å². The van der Waals surface area contributed by atoms with Crippen LogP contribution in [-0.2, 0) is 10.0 Å². The van der Waals surface area contributed by atoms with E-state index in [4.69, 9.17) is 5.73 Å². The number of anilines is 1. The second kappa shape index (κ2) is 2.71. The maximum Gasteiger partial charge on any atom is 0.264 e. The molecule has 0 saturated carbocycles. The summed E-state index contributed by atoms with van der Waals surface area (Å²) in [6.45, 7) is 1.77. The molecular formula is C8H9N3O2S. The van der Waals surface area contributed by atoms with Gasteiger partial charge in [-0.2, -0.15) is 0 Å². The highest BCUT2D eigenvalue weighted by Gasteiger charge is 2.22. The van der Waals surface area contributed by atoms with Crippen molar-refractivity contribution in [1.29, 1.82) is 0 Å². The Morgan fingerprint density at radius 3 is 2.86 bits per heavy atom. The summed E-state index contributed by atoms with van der Waals surface area (Å²) < 4.78 is 25.2. The first-order valence-corrected chi connectivity index (χ1v) is 5.44. The molecule has 1 aromatic carbocycles. The minimum Gasteiger partial charge on any atom is -0.399 e.